The summed E-state index contributed by atoms with van der Waals surface area (Å²) >= 11 is 0. The molecule has 36 heavy (non-hydrogen) atoms. The van der Waals surface area contributed by atoms with Crippen LogP contribution in [0.1, 0.15) is 24.0 Å². The fourth-order valence-corrected chi connectivity index (χ4v) is 7.84. The number of alkyl halides is 3. The first kappa shape index (κ1) is 23.6. The molecule has 1 spiro atoms. The number of benzene rings is 2. The zero-order valence-electron chi connectivity index (χ0n) is 19.1. The maximum absolute atomic E-state index is 13.2. The second-order valence-electron chi connectivity index (χ2n) is 9.93. The van der Waals surface area contributed by atoms with Crippen molar-refractivity contribution in [1.29, 1.82) is 0 Å². The molecule has 6 nitrogen and oxygen atoms in total. The van der Waals surface area contributed by atoms with Gasteiger partial charge in [-0.1, -0.05) is 6.07 Å². The van der Waals surface area contributed by atoms with Crippen LogP contribution in [0.5, 0.6) is 0 Å². The van der Waals surface area contributed by atoms with Crippen LogP contribution in [-0.4, -0.2) is 42.5 Å². The molecule has 2 aliphatic carbocycles. The van der Waals surface area contributed by atoms with Crippen molar-refractivity contribution >= 4 is 10.2 Å². The number of halogens is 4. The Morgan fingerprint density at radius 2 is 1.69 bits per heavy atom. The van der Waals surface area contributed by atoms with Crippen molar-refractivity contribution in [3.8, 4) is 22.8 Å². The normalized spacial score (nSPS) is 27.3. The van der Waals surface area contributed by atoms with E-state index in [0.29, 0.717) is 34.4 Å². The number of oxazole rings is 1. The van der Waals surface area contributed by atoms with Crippen LogP contribution in [0.3, 0.4) is 0 Å². The Morgan fingerprint density at radius 3 is 2.39 bits per heavy atom. The molecule has 0 radical (unpaired) electrons. The molecular formula is C25H23F4N3O3S. The number of aromatic nitrogens is 1. The minimum absolute atomic E-state index is 0.0885. The number of nitrogens with one attached hydrogen (secondary N) is 1. The molecule has 190 valence electrons. The average Bonchev–Trinajstić information content (AvgIpc) is 3.43. The Bertz CT molecular complexity index is 1420. The Balaban J connectivity index is 1.29. The van der Waals surface area contributed by atoms with Crippen LogP contribution in [0.25, 0.3) is 22.8 Å². The zero-order chi connectivity index (χ0) is 25.3. The molecule has 1 aliphatic heterocycles. The van der Waals surface area contributed by atoms with Gasteiger partial charge in [-0.25, -0.2) is 9.37 Å². The van der Waals surface area contributed by atoms with Crippen LogP contribution < -0.4 is 4.72 Å². The topological polar surface area (TPSA) is 75.4 Å². The summed E-state index contributed by atoms with van der Waals surface area (Å²) in [5.74, 6) is 0.352. The van der Waals surface area contributed by atoms with E-state index < -0.39 is 28.5 Å². The fourth-order valence-electron chi connectivity index (χ4n) is 6.13. The van der Waals surface area contributed by atoms with Gasteiger partial charge in [0.2, 0.25) is 5.89 Å². The van der Waals surface area contributed by atoms with Crippen molar-refractivity contribution in [2.75, 3.05) is 13.1 Å². The summed E-state index contributed by atoms with van der Waals surface area (Å²) in [5.41, 5.74) is 2.61. The number of rotatable bonds is 3. The number of nitrogens with zero attached hydrogens (tertiary/aromatic N) is 2. The maximum Gasteiger partial charge on any atom is 0.402 e. The third-order valence-corrected chi connectivity index (χ3v) is 9.37. The molecule has 0 amide bonds. The number of hydrogen-bond acceptors (Lipinski definition) is 4. The van der Waals surface area contributed by atoms with Crippen LogP contribution in [0, 0.1) is 17.7 Å². The third-order valence-electron chi connectivity index (χ3n) is 7.79. The lowest BCUT2D eigenvalue weighted by atomic mass is 9.79. The lowest BCUT2D eigenvalue weighted by Crippen LogP contribution is -2.52. The first-order chi connectivity index (χ1) is 17.0. The van der Waals surface area contributed by atoms with Crippen molar-refractivity contribution in [2.45, 2.75) is 37.4 Å². The fraction of sp³-hybridized carbons (Fsp3) is 0.400. The van der Waals surface area contributed by atoms with Crippen molar-refractivity contribution in [1.82, 2.24) is 14.0 Å². The van der Waals surface area contributed by atoms with Crippen molar-refractivity contribution in [3.63, 3.8) is 0 Å². The lowest BCUT2D eigenvalue weighted by Gasteiger charge is -2.33. The van der Waals surface area contributed by atoms with Crippen molar-refractivity contribution in [3.05, 3.63) is 65.6 Å². The first-order valence-electron chi connectivity index (χ1n) is 11.7. The summed E-state index contributed by atoms with van der Waals surface area (Å²) in [5, 5.41) is 0. The number of fused-ring (bicyclic) bond motifs is 1. The SMILES string of the molecule is O=S1(=O)N[C@]2(CN1CC(F)(F)F)[C@@H]1CC[C@H]2Cc2cc(-c3ncc(-c4ccc(F)cc4)o3)ccc2C1. The highest BCUT2D eigenvalue weighted by Crippen LogP contribution is 2.50. The van der Waals surface area contributed by atoms with E-state index in [4.69, 9.17) is 4.42 Å². The van der Waals surface area contributed by atoms with Gasteiger partial charge in [0, 0.05) is 17.7 Å². The van der Waals surface area contributed by atoms with Gasteiger partial charge in [0.05, 0.1) is 11.7 Å². The van der Waals surface area contributed by atoms with Gasteiger partial charge in [0.15, 0.2) is 5.76 Å². The minimum atomic E-state index is -4.61. The molecule has 1 aromatic heterocycles. The summed E-state index contributed by atoms with van der Waals surface area (Å²) < 4.78 is 86.9. The Labute approximate surface area is 205 Å². The van der Waals surface area contributed by atoms with E-state index in [1.165, 1.54) is 12.1 Å². The smallest absolute Gasteiger partial charge is 0.402 e. The molecular weight excluding hydrogens is 498 g/mol. The molecule has 2 aromatic carbocycles. The van der Waals surface area contributed by atoms with E-state index in [9.17, 15) is 26.0 Å². The molecule has 0 unspecified atom stereocenters. The van der Waals surface area contributed by atoms with E-state index in [1.54, 1.807) is 18.3 Å². The van der Waals surface area contributed by atoms with E-state index in [2.05, 4.69) is 9.71 Å². The molecule has 1 N–H and O–H groups in total. The summed E-state index contributed by atoms with van der Waals surface area (Å²) in [6.45, 7) is -1.66. The highest BCUT2D eigenvalue weighted by Gasteiger charge is 2.60. The Hall–Kier alpha value is -2.76. The van der Waals surface area contributed by atoms with E-state index >= 15 is 0 Å². The van der Waals surface area contributed by atoms with Crippen molar-refractivity contribution < 1.29 is 30.4 Å². The van der Waals surface area contributed by atoms with Crippen LogP contribution >= 0.6 is 0 Å². The van der Waals surface area contributed by atoms with Gasteiger partial charge in [-0.2, -0.15) is 30.6 Å². The van der Waals surface area contributed by atoms with Gasteiger partial charge in [-0.3, -0.25) is 0 Å². The van der Waals surface area contributed by atoms with Gasteiger partial charge in [0.25, 0.3) is 10.2 Å². The first-order valence-corrected chi connectivity index (χ1v) is 13.2. The summed E-state index contributed by atoms with van der Waals surface area (Å²) in [4.78, 5) is 4.37. The average molecular weight is 522 g/mol. The van der Waals surface area contributed by atoms with Crippen molar-refractivity contribution in [2.24, 2.45) is 11.8 Å². The maximum atomic E-state index is 13.2. The number of hydrogen-bond donors (Lipinski definition) is 1. The lowest BCUT2D eigenvalue weighted by molar-refractivity contribution is -0.136. The van der Waals surface area contributed by atoms with Crippen LogP contribution in [0.2, 0.25) is 0 Å². The van der Waals surface area contributed by atoms with Gasteiger partial charge >= 0.3 is 6.18 Å². The summed E-state index contributed by atoms with van der Waals surface area (Å²) in [6.07, 6.45) is -0.396. The van der Waals surface area contributed by atoms with Gasteiger partial charge in [0.1, 0.15) is 12.4 Å². The van der Waals surface area contributed by atoms with Crippen LogP contribution in [0.15, 0.2) is 53.1 Å². The molecule has 6 rings (SSSR count). The third kappa shape index (κ3) is 4.03. The monoisotopic (exact) mass is 521 g/mol. The summed E-state index contributed by atoms with van der Waals surface area (Å²) in [7, 11) is -4.22. The highest BCUT2D eigenvalue weighted by molar-refractivity contribution is 7.87. The molecule has 3 aromatic rings. The minimum Gasteiger partial charge on any atom is -0.436 e. The molecule has 2 bridgehead atoms. The van der Waals surface area contributed by atoms with Gasteiger partial charge in [-0.05, 0) is 85.0 Å². The standard InChI is InChI=1S/C25H23F4N3O3S/c26-21-7-3-15(4-8-21)22-12-30-23(35-22)17-2-1-16-10-19-5-6-20(11-18(16)9-17)24(19)13-32(14-25(27,28)29)36(33,34)31-24/h1-4,7-9,12,19-20,31H,5-6,10-11,13-14H2/t19-,20+,24-/m1/s1. The van der Waals surface area contributed by atoms with E-state index in [1.807, 2.05) is 18.2 Å². The Kier molecular flexibility index (Phi) is 5.33. The van der Waals surface area contributed by atoms with Crippen LogP contribution in [-0.2, 0) is 23.1 Å². The molecule has 3 atom stereocenters. The predicted molar refractivity (Wildman–Crippen MR) is 123 cm³/mol. The Morgan fingerprint density at radius 1 is 1.03 bits per heavy atom. The largest absolute Gasteiger partial charge is 0.436 e. The molecule has 1 saturated heterocycles. The zero-order valence-corrected chi connectivity index (χ0v) is 19.9. The molecule has 1 saturated carbocycles. The summed E-state index contributed by atoms with van der Waals surface area (Å²) in [6, 6.07) is 11.7. The van der Waals surface area contributed by atoms with E-state index in [0.717, 1.165) is 29.5 Å². The second kappa shape index (κ2) is 8.12. The van der Waals surface area contributed by atoms with Gasteiger partial charge < -0.3 is 4.42 Å². The predicted octanol–water partition coefficient (Wildman–Crippen LogP) is 4.72. The van der Waals surface area contributed by atoms with E-state index in [-0.39, 0.29) is 24.2 Å². The molecule has 11 heteroatoms. The van der Waals surface area contributed by atoms with Crippen LogP contribution in [0.4, 0.5) is 17.6 Å². The second-order valence-corrected chi connectivity index (χ2v) is 11.6. The quantitative estimate of drug-likeness (QED) is 0.506. The van der Waals surface area contributed by atoms with Gasteiger partial charge in [-0.15, -0.1) is 0 Å². The molecule has 3 aliphatic rings. The molecule has 2 heterocycles. The molecule has 2 fully saturated rings. The highest BCUT2D eigenvalue weighted by atomic mass is 32.2.